The Labute approximate surface area is 79.4 Å². The summed E-state index contributed by atoms with van der Waals surface area (Å²) < 4.78 is 0. The first kappa shape index (κ1) is 9.66. The molecule has 66 valence electrons. The van der Waals surface area contributed by atoms with Crippen molar-refractivity contribution < 1.29 is 0 Å². The van der Waals surface area contributed by atoms with Gasteiger partial charge in [-0.3, -0.25) is 0 Å². The van der Waals surface area contributed by atoms with Crippen LogP contribution < -0.4 is 0 Å². The van der Waals surface area contributed by atoms with E-state index < -0.39 is 0 Å². The van der Waals surface area contributed by atoms with E-state index in [9.17, 15) is 0 Å². The summed E-state index contributed by atoms with van der Waals surface area (Å²) in [7, 11) is 0. The number of aryl methyl sites for hydroxylation is 2. The first-order valence-corrected chi connectivity index (χ1v) is 5.54. The lowest BCUT2D eigenvalue weighted by atomic mass is 10.1. The van der Waals surface area contributed by atoms with Crippen LogP contribution in [0.2, 0.25) is 0 Å². The molecule has 0 nitrogen and oxygen atoms in total. The van der Waals surface area contributed by atoms with Crippen molar-refractivity contribution in [2.24, 2.45) is 0 Å². The fourth-order valence-corrected chi connectivity index (χ4v) is 2.14. The second kappa shape index (κ2) is 4.56. The first-order valence-electron chi connectivity index (χ1n) is 4.38. The molecule has 1 heteroatoms. The average molecular weight is 180 g/mol. The van der Waals surface area contributed by atoms with Crippen LogP contribution in [0.25, 0.3) is 0 Å². The Kier molecular flexibility index (Phi) is 3.67. The fourth-order valence-electron chi connectivity index (χ4n) is 1.28. The highest BCUT2D eigenvalue weighted by molar-refractivity contribution is 7.98. The third kappa shape index (κ3) is 2.28. The van der Waals surface area contributed by atoms with Crippen molar-refractivity contribution in [2.45, 2.75) is 26.5 Å². The van der Waals surface area contributed by atoms with Crippen molar-refractivity contribution in [1.82, 2.24) is 0 Å². The van der Waals surface area contributed by atoms with Gasteiger partial charge in [0.1, 0.15) is 0 Å². The zero-order valence-electron chi connectivity index (χ0n) is 8.05. The van der Waals surface area contributed by atoms with Crippen LogP contribution in [0.4, 0.5) is 0 Å². The fraction of sp³-hybridized carbons (Fsp3) is 0.455. The third-order valence-corrected chi connectivity index (χ3v) is 3.00. The van der Waals surface area contributed by atoms with E-state index in [-0.39, 0.29) is 0 Å². The zero-order chi connectivity index (χ0) is 8.97. The maximum absolute atomic E-state index is 2.21. The Bertz CT molecular complexity index is 233. The van der Waals surface area contributed by atoms with Crippen LogP contribution in [-0.4, -0.2) is 5.75 Å². The molecule has 1 rings (SSSR count). The molecule has 0 aromatic heterocycles. The van der Waals surface area contributed by atoms with E-state index >= 15 is 0 Å². The van der Waals surface area contributed by atoms with Gasteiger partial charge < -0.3 is 0 Å². The van der Waals surface area contributed by atoms with Gasteiger partial charge in [-0.2, -0.15) is 11.8 Å². The molecule has 1 aromatic carbocycles. The van der Waals surface area contributed by atoms with Gasteiger partial charge in [0.05, 0.1) is 0 Å². The van der Waals surface area contributed by atoms with Gasteiger partial charge in [-0.05, 0) is 36.3 Å². The summed E-state index contributed by atoms with van der Waals surface area (Å²) in [4.78, 5) is 0. The summed E-state index contributed by atoms with van der Waals surface area (Å²) in [6.07, 6.45) is 0. The molecule has 0 amide bonds. The monoisotopic (exact) mass is 180 g/mol. The minimum Gasteiger partial charge on any atom is -0.157 e. The topological polar surface area (TPSA) is 0 Å². The largest absolute Gasteiger partial charge is 0.157 e. The van der Waals surface area contributed by atoms with Gasteiger partial charge in [-0.15, -0.1) is 0 Å². The second-order valence-corrected chi connectivity index (χ2v) is 4.28. The van der Waals surface area contributed by atoms with Gasteiger partial charge in [0.2, 0.25) is 0 Å². The van der Waals surface area contributed by atoms with E-state index in [0.29, 0.717) is 0 Å². The summed E-state index contributed by atoms with van der Waals surface area (Å²) >= 11 is 1.99. The minimum absolute atomic E-state index is 1.16. The smallest absolute Gasteiger partial charge is 0.0189 e. The van der Waals surface area contributed by atoms with Crippen LogP contribution in [0.5, 0.6) is 0 Å². The molecule has 0 fully saturated rings. The SMILES string of the molecule is CCSCc1c(C)cccc1C. The molecule has 1 aromatic rings. The van der Waals surface area contributed by atoms with Crippen LogP contribution in [0.15, 0.2) is 18.2 Å². The van der Waals surface area contributed by atoms with E-state index in [4.69, 9.17) is 0 Å². The van der Waals surface area contributed by atoms with Gasteiger partial charge in [0, 0.05) is 5.75 Å². The number of hydrogen-bond donors (Lipinski definition) is 0. The molecular formula is C11H16S. The second-order valence-electron chi connectivity index (χ2n) is 3.01. The minimum atomic E-state index is 1.16. The van der Waals surface area contributed by atoms with Crippen molar-refractivity contribution in [3.8, 4) is 0 Å². The molecule has 0 atom stereocenters. The molecule has 0 saturated heterocycles. The molecule has 0 aliphatic heterocycles. The van der Waals surface area contributed by atoms with Crippen molar-refractivity contribution in [3.05, 3.63) is 34.9 Å². The number of rotatable bonds is 3. The Morgan fingerprint density at radius 1 is 1.17 bits per heavy atom. The highest BCUT2D eigenvalue weighted by atomic mass is 32.2. The standard InChI is InChI=1S/C11H16S/c1-4-12-8-11-9(2)6-5-7-10(11)3/h5-7H,4,8H2,1-3H3. The summed E-state index contributed by atoms with van der Waals surface area (Å²) in [6, 6.07) is 6.52. The van der Waals surface area contributed by atoms with Gasteiger partial charge in [-0.1, -0.05) is 25.1 Å². The molecular weight excluding hydrogens is 164 g/mol. The van der Waals surface area contributed by atoms with E-state index in [1.807, 2.05) is 11.8 Å². The zero-order valence-corrected chi connectivity index (χ0v) is 8.87. The molecule has 0 aliphatic carbocycles. The molecule has 0 radical (unpaired) electrons. The van der Waals surface area contributed by atoms with Crippen LogP contribution in [-0.2, 0) is 5.75 Å². The number of hydrogen-bond acceptors (Lipinski definition) is 1. The van der Waals surface area contributed by atoms with E-state index in [1.165, 1.54) is 22.4 Å². The lowest BCUT2D eigenvalue weighted by Crippen LogP contribution is -1.90. The highest BCUT2D eigenvalue weighted by Gasteiger charge is 2.00. The van der Waals surface area contributed by atoms with Gasteiger partial charge in [-0.25, -0.2) is 0 Å². The van der Waals surface area contributed by atoms with Crippen LogP contribution in [0, 0.1) is 13.8 Å². The summed E-state index contributed by atoms with van der Waals surface area (Å²) in [5, 5.41) is 0. The molecule has 0 N–H and O–H groups in total. The predicted octanol–water partition coefficient (Wildman–Crippen LogP) is 3.56. The Balaban J connectivity index is 2.81. The normalized spacial score (nSPS) is 10.2. The molecule has 0 bridgehead atoms. The molecule has 12 heavy (non-hydrogen) atoms. The van der Waals surface area contributed by atoms with E-state index in [2.05, 4.69) is 39.0 Å². The third-order valence-electron chi connectivity index (χ3n) is 2.09. The van der Waals surface area contributed by atoms with Crippen molar-refractivity contribution in [2.75, 3.05) is 5.75 Å². The van der Waals surface area contributed by atoms with Crippen molar-refractivity contribution >= 4 is 11.8 Å². The van der Waals surface area contributed by atoms with Gasteiger partial charge in [0.25, 0.3) is 0 Å². The van der Waals surface area contributed by atoms with Crippen LogP contribution in [0.3, 0.4) is 0 Å². The lowest BCUT2D eigenvalue weighted by Gasteiger charge is -2.07. The van der Waals surface area contributed by atoms with E-state index in [0.717, 1.165) is 5.75 Å². The predicted molar refractivity (Wildman–Crippen MR) is 57.8 cm³/mol. The number of benzene rings is 1. The van der Waals surface area contributed by atoms with Crippen LogP contribution >= 0.6 is 11.8 Å². The quantitative estimate of drug-likeness (QED) is 0.685. The lowest BCUT2D eigenvalue weighted by molar-refractivity contribution is 1.24. The van der Waals surface area contributed by atoms with Crippen molar-refractivity contribution in [3.63, 3.8) is 0 Å². The Morgan fingerprint density at radius 3 is 2.25 bits per heavy atom. The highest BCUT2D eigenvalue weighted by Crippen LogP contribution is 2.19. The Morgan fingerprint density at radius 2 is 1.75 bits per heavy atom. The summed E-state index contributed by atoms with van der Waals surface area (Å²) in [6.45, 7) is 6.59. The van der Waals surface area contributed by atoms with Crippen molar-refractivity contribution in [1.29, 1.82) is 0 Å². The molecule has 0 heterocycles. The van der Waals surface area contributed by atoms with Gasteiger partial charge in [0.15, 0.2) is 0 Å². The van der Waals surface area contributed by atoms with E-state index in [1.54, 1.807) is 0 Å². The van der Waals surface area contributed by atoms with Crippen LogP contribution in [0.1, 0.15) is 23.6 Å². The molecule has 0 unspecified atom stereocenters. The summed E-state index contributed by atoms with van der Waals surface area (Å²) in [5.74, 6) is 2.36. The van der Waals surface area contributed by atoms with Gasteiger partial charge >= 0.3 is 0 Å². The molecule has 0 saturated carbocycles. The first-order chi connectivity index (χ1) is 5.75. The molecule has 0 aliphatic rings. The maximum atomic E-state index is 2.21. The number of thioether (sulfide) groups is 1. The summed E-state index contributed by atoms with van der Waals surface area (Å²) in [5.41, 5.74) is 4.37. The maximum Gasteiger partial charge on any atom is 0.0189 e. The average Bonchev–Trinajstić information content (AvgIpc) is 2.04. The Hall–Kier alpha value is -0.430. The molecule has 0 spiro atoms.